The third-order valence-electron chi connectivity index (χ3n) is 4.23. The van der Waals surface area contributed by atoms with Gasteiger partial charge in [0.1, 0.15) is 0 Å². The molecule has 3 aromatic rings. The summed E-state index contributed by atoms with van der Waals surface area (Å²) in [6.45, 7) is 0. The van der Waals surface area contributed by atoms with Crippen LogP contribution in [0.1, 0.15) is 17.9 Å². The molecular weight excluding hydrogens is 457 g/mol. The monoisotopic (exact) mass is 470 g/mol. The first-order valence-corrected chi connectivity index (χ1v) is 9.37. The van der Waals surface area contributed by atoms with Crippen LogP contribution in [0.2, 0.25) is 0 Å². The molecule has 1 unspecified atom stereocenters. The standard InChI is InChI=1S/C17H14BrF3N6O2/c18-4-1-13(17(19,20)21)10-2-5-23-14(7-10)26-9-11(8-25-26)12-3-6-24-16(22)15(12)27(28)29/h2-3,5-9,13H,1,4H2,(H2,22,24). The number of nitrogens with zero attached hydrogens (tertiary/aromatic N) is 5. The van der Waals surface area contributed by atoms with E-state index in [-0.39, 0.29) is 40.2 Å². The van der Waals surface area contributed by atoms with E-state index < -0.39 is 17.0 Å². The van der Waals surface area contributed by atoms with E-state index in [0.29, 0.717) is 5.56 Å². The van der Waals surface area contributed by atoms with Gasteiger partial charge in [-0.15, -0.1) is 0 Å². The number of hydrogen-bond donors (Lipinski definition) is 1. The maximum Gasteiger partial charge on any atom is 0.395 e. The lowest BCUT2D eigenvalue weighted by atomic mass is 9.97. The van der Waals surface area contributed by atoms with E-state index in [1.165, 1.54) is 47.7 Å². The van der Waals surface area contributed by atoms with Crippen LogP contribution in [0.3, 0.4) is 0 Å². The van der Waals surface area contributed by atoms with Gasteiger partial charge in [0.2, 0.25) is 5.82 Å². The summed E-state index contributed by atoms with van der Waals surface area (Å²) in [5.74, 6) is -1.75. The molecule has 0 radical (unpaired) electrons. The quantitative estimate of drug-likeness (QED) is 0.327. The van der Waals surface area contributed by atoms with Gasteiger partial charge in [-0.2, -0.15) is 18.3 Å². The molecule has 0 bridgehead atoms. The molecule has 3 aromatic heterocycles. The lowest BCUT2D eigenvalue weighted by Crippen LogP contribution is -2.21. The van der Waals surface area contributed by atoms with Crippen molar-refractivity contribution in [3.63, 3.8) is 0 Å². The predicted molar refractivity (Wildman–Crippen MR) is 103 cm³/mol. The molecule has 0 saturated carbocycles. The molecule has 0 aromatic carbocycles. The van der Waals surface area contributed by atoms with Crippen LogP contribution in [0.4, 0.5) is 24.7 Å². The summed E-state index contributed by atoms with van der Waals surface area (Å²) >= 11 is 3.05. The van der Waals surface area contributed by atoms with E-state index >= 15 is 0 Å². The minimum Gasteiger partial charge on any atom is -0.378 e. The molecule has 0 saturated heterocycles. The highest BCUT2D eigenvalue weighted by molar-refractivity contribution is 9.09. The van der Waals surface area contributed by atoms with E-state index in [2.05, 4.69) is 31.0 Å². The zero-order valence-corrected chi connectivity index (χ0v) is 16.3. The molecule has 0 aliphatic heterocycles. The largest absolute Gasteiger partial charge is 0.395 e. The SMILES string of the molecule is Nc1nccc(-c2cnn(-c3cc(C(CCBr)C(F)(F)F)ccn3)c2)c1[N+](=O)[O-]. The molecule has 0 spiro atoms. The Bertz CT molecular complexity index is 1040. The molecule has 0 fully saturated rings. The third-order valence-corrected chi connectivity index (χ3v) is 4.69. The van der Waals surface area contributed by atoms with E-state index in [1.54, 1.807) is 0 Å². The number of alkyl halides is 4. The van der Waals surface area contributed by atoms with Crippen molar-refractivity contribution in [2.45, 2.75) is 18.5 Å². The van der Waals surface area contributed by atoms with E-state index in [4.69, 9.17) is 5.73 Å². The van der Waals surface area contributed by atoms with Crippen molar-refractivity contribution in [3.8, 4) is 16.9 Å². The number of halogens is 4. The highest BCUT2D eigenvalue weighted by atomic mass is 79.9. The maximum atomic E-state index is 13.4. The van der Waals surface area contributed by atoms with Crippen molar-refractivity contribution in [2.75, 3.05) is 11.1 Å². The van der Waals surface area contributed by atoms with Gasteiger partial charge in [0, 0.05) is 29.5 Å². The number of rotatable bonds is 6. The first kappa shape index (κ1) is 20.7. The van der Waals surface area contributed by atoms with Crippen molar-refractivity contribution in [2.24, 2.45) is 0 Å². The van der Waals surface area contributed by atoms with E-state index in [9.17, 15) is 23.3 Å². The molecule has 0 aliphatic carbocycles. The average molecular weight is 471 g/mol. The highest BCUT2D eigenvalue weighted by Crippen LogP contribution is 2.38. The molecule has 152 valence electrons. The van der Waals surface area contributed by atoms with Gasteiger partial charge in [-0.05, 0) is 30.2 Å². The summed E-state index contributed by atoms with van der Waals surface area (Å²) in [5.41, 5.74) is 5.82. The maximum absolute atomic E-state index is 13.4. The minimum absolute atomic E-state index is 0.0538. The van der Waals surface area contributed by atoms with Crippen molar-refractivity contribution < 1.29 is 18.1 Å². The Morgan fingerprint density at radius 3 is 2.66 bits per heavy atom. The van der Waals surface area contributed by atoms with Crippen LogP contribution in [0.5, 0.6) is 0 Å². The van der Waals surface area contributed by atoms with E-state index in [0.717, 1.165) is 0 Å². The van der Waals surface area contributed by atoms with Crippen molar-refractivity contribution in [1.82, 2.24) is 19.7 Å². The second-order valence-corrected chi connectivity index (χ2v) is 6.84. The smallest absolute Gasteiger partial charge is 0.378 e. The fourth-order valence-corrected chi connectivity index (χ4v) is 3.34. The van der Waals surface area contributed by atoms with Gasteiger partial charge in [0.25, 0.3) is 0 Å². The van der Waals surface area contributed by atoms with Gasteiger partial charge < -0.3 is 5.73 Å². The molecule has 0 aliphatic rings. The van der Waals surface area contributed by atoms with Gasteiger partial charge in [-0.1, -0.05) is 15.9 Å². The summed E-state index contributed by atoms with van der Waals surface area (Å²) in [5, 5.41) is 15.6. The Kier molecular flexibility index (Phi) is 5.82. The molecule has 8 nitrogen and oxygen atoms in total. The zero-order chi connectivity index (χ0) is 21.2. The van der Waals surface area contributed by atoms with Crippen molar-refractivity contribution in [3.05, 3.63) is 58.7 Å². The van der Waals surface area contributed by atoms with Crippen LogP contribution in [0, 0.1) is 10.1 Å². The molecule has 12 heteroatoms. The third kappa shape index (κ3) is 4.36. The lowest BCUT2D eigenvalue weighted by molar-refractivity contribution is -0.383. The van der Waals surface area contributed by atoms with Crippen LogP contribution < -0.4 is 5.73 Å². The van der Waals surface area contributed by atoms with Crippen molar-refractivity contribution in [1.29, 1.82) is 0 Å². The van der Waals surface area contributed by atoms with Crippen LogP contribution in [0.25, 0.3) is 16.9 Å². The first-order valence-electron chi connectivity index (χ1n) is 8.25. The fraction of sp³-hybridized carbons (Fsp3) is 0.235. The number of nitro groups is 1. The van der Waals surface area contributed by atoms with Crippen molar-refractivity contribution >= 4 is 27.4 Å². The zero-order valence-electron chi connectivity index (χ0n) is 14.7. The number of nitrogens with two attached hydrogens (primary N) is 1. The minimum atomic E-state index is -4.41. The van der Waals surface area contributed by atoms with Crippen LogP contribution in [0.15, 0.2) is 43.0 Å². The van der Waals surface area contributed by atoms with Gasteiger partial charge in [-0.25, -0.2) is 14.6 Å². The summed E-state index contributed by atoms with van der Waals surface area (Å²) in [7, 11) is 0. The van der Waals surface area contributed by atoms with Crippen LogP contribution in [-0.2, 0) is 0 Å². The Morgan fingerprint density at radius 2 is 2.00 bits per heavy atom. The molecular formula is C17H14BrF3N6O2. The van der Waals surface area contributed by atoms with E-state index in [1.807, 2.05) is 0 Å². The second-order valence-electron chi connectivity index (χ2n) is 6.04. The predicted octanol–water partition coefficient (Wildman–Crippen LogP) is 4.25. The molecule has 1 atom stereocenters. The first-order chi connectivity index (χ1) is 13.7. The Labute approximate surface area is 170 Å². The number of nitrogen functional groups attached to an aromatic ring is 1. The number of pyridine rings is 2. The van der Waals surface area contributed by atoms with Gasteiger partial charge in [0.05, 0.1) is 22.6 Å². The number of aromatic nitrogens is 4. The summed E-state index contributed by atoms with van der Waals surface area (Å²) in [6.07, 6.45) is 0.835. The fourth-order valence-electron chi connectivity index (χ4n) is 2.89. The molecule has 0 amide bonds. The molecule has 3 heterocycles. The van der Waals surface area contributed by atoms with Crippen LogP contribution in [-0.4, -0.2) is 36.2 Å². The van der Waals surface area contributed by atoms with Gasteiger partial charge >= 0.3 is 11.9 Å². The average Bonchev–Trinajstić information content (AvgIpc) is 3.15. The highest BCUT2D eigenvalue weighted by Gasteiger charge is 2.40. The number of hydrogen-bond acceptors (Lipinski definition) is 6. The van der Waals surface area contributed by atoms with Gasteiger partial charge in [0.15, 0.2) is 5.82 Å². The Hall–Kier alpha value is -3.02. The molecule has 2 N–H and O–H groups in total. The normalized spacial score (nSPS) is 12.7. The van der Waals surface area contributed by atoms with Gasteiger partial charge in [-0.3, -0.25) is 10.1 Å². The topological polar surface area (TPSA) is 113 Å². The second kappa shape index (κ2) is 8.15. The summed E-state index contributed by atoms with van der Waals surface area (Å²) < 4.78 is 41.3. The molecule has 29 heavy (non-hydrogen) atoms. The van der Waals surface area contributed by atoms with Crippen LogP contribution >= 0.6 is 15.9 Å². The summed E-state index contributed by atoms with van der Waals surface area (Å²) in [6, 6.07) is 4.02. The Morgan fingerprint density at radius 1 is 1.28 bits per heavy atom. The lowest BCUT2D eigenvalue weighted by Gasteiger charge is -2.20. The molecule has 3 rings (SSSR count). The number of anilines is 1. The Balaban J connectivity index is 2.01. The summed E-state index contributed by atoms with van der Waals surface area (Å²) in [4.78, 5) is 18.4.